The van der Waals surface area contributed by atoms with Gasteiger partial charge >= 0.3 is 0 Å². The molecule has 0 aromatic heterocycles. The maximum absolute atomic E-state index is 11.5. The first-order valence-electron chi connectivity index (χ1n) is 4.75. The molecule has 1 N–H and O–H groups in total. The molecule has 0 heterocycles. The van der Waals surface area contributed by atoms with Crippen molar-refractivity contribution in [2.24, 2.45) is 0 Å². The molecule has 0 aliphatic carbocycles. The van der Waals surface area contributed by atoms with Crippen LogP contribution in [0, 0.1) is 10.7 Å². The molecule has 0 saturated carbocycles. The Bertz CT molecular complexity index is 605. The Hall–Kier alpha value is 0.540. The minimum Gasteiger partial charge on any atom is -0.321 e. The van der Waals surface area contributed by atoms with Crippen LogP contribution in [-0.2, 0) is 4.79 Å². The van der Waals surface area contributed by atoms with E-state index < -0.39 is 16.4 Å². The number of amides is 1. The molecule has 9 heteroatoms. The van der Waals surface area contributed by atoms with Gasteiger partial charge in [0.2, 0.25) is 5.91 Å². The zero-order chi connectivity index (χ0) is 15.6. The van der Waals surface area contributed by atoms with Crippen molar-refractivity contribution in [1.29, 1.82) is 0 Å². The maximum atomic E-state index is 11.5. The van der Waals surface area contributed by atoms with Gasteiger partial charge in [0.1, 0.15) is 0 Å². The number of halogens is 5. The fourth-order valence-electron chi connectivity index (χ4n) is 1.29. The van der Waals surface area contributed by atoms with Gasteiger partial charge in [0.25, 0.3) is 10.5 Å². The lowest BCUT2D eigenvalue weighted by Gasteiger charge is -2.16. The molecule has 1 amide bonds. The van der Waals surface area contributed by atoms with Crippen LogP contribution < -0.4 is 5.32 Å². The lowest BCUT2D eigenvalue weighted by atomic mass is 10.1. The van der Waals surface area contributed by atoms with Crippen LogP contribution in [0.3, 0.4) is 0 Å². The van der Waals surface area contributed by atoms with E-state index in [9.17, 15) is 14.4 Å². The molecule has 0 aliphatic heterocycles. The minimum absolute atomic E-state index is 0.136. The fraction of sp³-hybridized carbons (Fsp3) is 0. The standard InChI is InChI=1S/C11H4Cl2I3NO3/c1-2-3(18)17-9-7(15)4(10(12)19)6(14)5(8(9)16)11(13)20/h2H,1H2,(H,17,18). The number of anilines is 1. The van der Waals surface area contributed by atoms with E-state index >= 15 is 0 Å². The third-order valence-electron chi connectivity index (χ3n) is 2.14. The smallest absolute Gasteiger partial charge is 0.254 e. The van der Waals surface area contributed by atoms with E-state index in [1.54, 1.807) is 0 Å². The molecule has 4 nitrogen and oxygen atoms in total. The molecule has 1 aromatic carbocycles. The van der Waals surface area contributed by atoms with Crippen LogP contribution in [0.5, 0.6) is 0 Å². The summed E-state index contributed by atoms with van der Waals surface area (Å²) in [5, 5.41) is 1.08. The summed E-state index contributed by atoms with van der Waals surface area (Å²) in [7, 11) is 0. The molecule has 0 fully saturated rings. The molecular formula is C11H4Cl2I3NO3. The van der Waals surface area contributed by atoms with Crippen LogP contribution in [0.15, 0.2) is 12.7 Å². The topological polar surface area (TPSA) is 63.2 Å². The molecule has 0 aliphatic rings. The number of carbonyl (C=O) groups excluding carboxylic acids is 3. The monoisotopic (exact) mass is 649 g/mol. The SMILES string of the molecule is C=CC(=O)Nc1c(I)c(C(=O)Cl)c(I)c(C(=O)Cl)c1I. The van der Waals surface area contributed by atoms with Crippen LogP contribution in [0.2, 0.25) is 0 Å². The predicted octanol–water partition coefficient (Wildman–Crippen LogP) is 4.38. The number of rotatable bonds is 4. The largest absolute Gasteiger partial charge is 0.321 e. The van der Waals surface area contributed by atoms with Gasteiger partial charge in [-0.2, -0.15) is 0 Å². The number of hydrogen-bond acceptors (Lipinski definition) is 3. The molecule has 20 heavy (non-hydrogen) atoms. The van der Waals surface area contributed by atoms with E-state index in [0.717, 1.165) is 6.08 Å². The first-order valence-corrected chi connectivity index (χ1v) is 8.75. The van der Waals surface area contributed by atoms with Gasteiger partial charge in [-0.25, -0.2) is 0 Å². The molecule has 0 saturated heterocycles. The van der Waals surface area contributed by atoms with Crippen LogP contribution >= 0.6 is 91.0 Å². The van der Waals surface area contributed by atoms with Gasteiger partial charge in [0, 0.05) is 3.57 Å². The summed E-state index contributed by atoms with van der Waals surface area (Å²) < 4.78 is 1.23. The Morgan fingerprint density at radius 1 is 0.950 bits per heavy atom. The Labute approximate surface area is 165 Å². The Morgan fingerprint density at radius 2 is 1.35 bits per heavy atom. The number of carbonyl (C=O) groups is 3. The highest BCUT2D eigenvalue weighted by molar-refractivity contribution is 14.1. The summed E-state index contributed by atoms with van der Waals surface area (Å²) in [5.74, 6) is -0.469. The Morgan fingerprint density at radius 3 is 1.65 bits per heavy atom. The van der Waals surface area contributed by atoms with Crippen molar-refractivity contribution in [3.05, 3.63) is 34.5 Å². The second-order valence-corrected chi connectivity index (χ2v) is 7.23. The number of benzene rings is 1. The molecule has 1 aromatic rings. The average Bonchev–Trinajstić information content (AvgIpc) is 2.33. The Balaban J connectivity index is 3.75. The van der Waals surface area contributed by atoms with Crippen molar-refractivity contribution >= 4 is 113 Å². The van der Waals surface area contributed by atoms with E-state index in [0.29, 0.717) is 16.4 Å². The van der Waals surface area contributed by atoms with Crippen molar-refractivity contribution < 1.29 is 14.4 Å². The minimum atomic E-state index is -0.733. The van der Waals surface area contributed by atoms with Crippen LogP contribution in [0.4, 0.5) is 5.69 Å². The van der Waals surface area contributed by atoms with Crippen molar-refractivity contribution in [2.45, 2.75) is 0 Å². The summed E-state index contributed by atoms with van der Waals surface area (Å²) in [5.41, 5.74) is 0.581. The van der Waals surface area contributed by atoms with Gasteiger partial charge in [0.15, 0.2) is 0 Å². The van der Waals surface area contributed by atoms with Crippen molar-refractivity contribution in [3.8, 4) is 0 Å². The number of hydrogen-bond donors (Lipinski definition) is 1. The van der Waals surface area contributed by atoms with Crippen molar-refractivity contribution in [3.63, 3.8) is 0 Å². The first-order chi connectivity index (χ1) is 9.22. The maximum Gasteiger partial charge on any atom is 0.254 e. The highest BCUT2D eigenvalue weighted by Gasteiger charge is 2.26. The molecule has 0 bridgehead atoms. The highest BCUT2D eigenvalue weighted by atomic mass is 127. The summed E-state index contributed by atoms with van der Waals surface area (Å²) in [6.07, 6.45) is 1.08. The summed E-state index contributed by atoms with van der Waals surface area (Å²) in [6.45, 7) is 3.34. The van der Waals surface area contributed by atoms with Gasteiger partial charge in [-0.1, -0.05) is 6.58 Å². The zero-order valence-corrected chi connectivity index (χ0v) is 17.4. The molecule has 0 unspecified atom stereocenters. The predicted molar refractivity (Wildman–Crippen MR) is 104 cm³/mol. The third-order valence-corrected chi connectivity index (χ3v) is 5.76. The molecule has 1 rings (SSSR count). The van der Waals surface area contributed by atoms with E-state index in [1.807, 2.05) is 67.8 Å². The second kappa shape index (κ2) is 7.70. The van der Waals surface area contributed by atoms with E-state index in [-0.39, 0.29) is 11.1 Å². The van der Waals surface area contributed by atoms with Crippen LogP contribution in [-0.4, -0.2) is 16.4 Å². The van der Waals surface area contributed by atoms with Crippen molar-refractivity contribution in [2.75, 3.05) is 5.32 Å². The summed E-state index contributed by atoms with van der Waals surface area (Å²) in [6, 6.07) is 0. The molecule has 0 atom stereocenters. The summed E-state index contributed by atoms with van der Waals surface area (Å²) >= 11 is 16.7. The molecular weight excluding hydrogens is 646 g/mol. The van der Waals surface area contributed by atoms with E-state index in [4.69, 9.17) is 23.2 Å². The zero-order valence-electron chi connectivity index (χ0n) is 9.40. The molecule has 106 valence electrons. The first kappa shape index (κ1) is 18.6. The van der Waals surface area contributed by atoms with Gasteiger partial charge < -0.3 is 5.32 Å². The highest BCUT2D eigenvalue weighted by Crippen LogP contribution is 2.37. The van der Waals surface area contributed by atoms with Crippen molar-refractivity contribution in [1.82, 2.24) is 0 Å². The molecule has 0 spiro atoms. The Kier molecular flexibility index (Phi) is 7.15. The third kappa shape index (κ3) is 3.84. The second-order valence-electron chi connectivity index (χ2n) is 3.31. The van der Waals surface area contributed by atoms with Gasteiger partial charge in [-0.05, 0) is 97.1 Å². The fourth-order valence-corrected chi connectivity index (χ4v) is 6.72. The lowest BCUT2D eigenvalue weighted by Crippen LogP contribution is -2.16. The van der Waals surface area contributed by atoms with E-state index in [2.05, 4.69) is 11.9 Å². The quantitative estimate of drug-likeness (QED) is 0.299. The number of nitrogens with one attached hydrogen (secondary N) is 1. The lowest BCUT2D eigenvalue weighted by molar-refractivity contribution is -0.111. The van der Waals surface area contributed by atoms with E-state index in [1.165, 1.54) is 0 Å². The van der Waals surface area contributed by atoms with Gasteiger partial charge in [-0.15, -0.1) is 0 Å². The molecule has 0 radical (unpaired) electrons. The van der Waals surface area contributed by atoms with Crippen LogP contribution in [0.1, 0.15) is 20.7 Å². The average molecular weight is 650 g/mol. The summed E-state index contributed by atoms with van der Waals surface area (Å²) in [4.78, 5) is 34.6. The normalized spacial score (nSPS) is 10.1. The van der Waals surface area contributed by atoms with Gasteiger partial charge in [-0.3, -0.25) is 14.4 Å². The van der Waals surface area contributed by atoms with Gasteiger partial charge in [0.05, 0.1) is 24.0 Å². The van der Waals surface area contributed by atoms with Crippen LogP contribution in [0.25, 0.3) is 0 Å².